The van der Waals surface area contributed by atoms with Crippen LogP contribution < -0.4 is 15.5 Å². The number of amides is 2. The average Bonchev–Trinajstić information content (AvgIpc) is 3.14. The highest BCUT2D eigenvalue weighted by atomic mass is 32.1. The van der Waals surface area contributed by atoms with Gasteiger partial charge in [-0.05, 0) is 67.5 Å². The number of benzene rings is 1. The van der Waals surface area contributed by atoms with Gasteiger partial charge in [0.05, 0.1) is 16.3 Å². The Labute approximate surface area is 168 Å². The summed E-state index contributed by atoms with van der Waals surface area (Å²) in [5.41, 5.74) is 6.06. The van der Waals surface area contributed by atoms with Crippen molar-refractivity contribution in [1.82, 2.24) is 5.43 Å². The van der Waals surface area contributed by atoms with Crippen LogP contribution in [0.1, 0.15) is 52.4 Å². The quantitative estimate of drug-likeness (QED) is 0.609. The standard InChI is InChI=1S/C21H23N3O3S/c1-3-13-4-7-18-15(8-13)10-19(28-18)21(26)24-23-12(2)14-5-6-17-16(9-14)22-20(25)11-27-17/h5-6,9-10,13H,3-4,7-8,11H2,1-2H3,(H,22,25)(H,24,26)/b23-12-/t13-/m1/s1. The second-order valence-corrected chi connectivity index (χ2v) is 8.40. The topological polar surface area (TPSA) is 79.8 Å². The molecule has 0 unspecified atom stereocenters. The van der Waals surface area contributed by atoms with E-state index in [4.69, 9.17) is 4.74 Å². The number of carbonyl (C=O) groups is 2. The zero-order chi connectivity index (χ0) is 19.7. The highest BCUT2D eigenvalue weighted by Gasteiger charge is 2.22. The number of fused-ring (bicyclic) bond motifs is 2. The lowest BCUT2D eigenvalue weighted by Gasteiger charge is -2.19. The van der Waals surface area contributed by atoms with Gasteiger partial charge in [-0.25, -0.2) is 5.43 Å². The third-order valence-corrected chi connectivity index (χ3v) is 6.58. The van der Waals surface area contributed by atoms with Crippen LogP contribution in [0.5, 0.6) is 5.75 Å². The second-order valence-electron chi connectivity index (χ2n) is 7.26. The Kier molecular flexibility index (Phi) is 5.17. The highest BCUT2D eigenvalue weighted by molar-refractivity contribution is 7.14. The van der Waals surface area contributed by atoms with Crippen molar-refractivity contribution in [3.8, 4) is 5.75 Å². The fraction of sp³-hybridized carbons (Fsp3) is 0.381. The molecule has 0 radical (unpaired) electrons. The van der Waals surface area contributed by atoms with Crippen molar-refractivity contribution < 1.29 is 14.3 Å². The number of hydrogen-bond donors (Lipinski definition) is 2. The Balaban J connectivity index is 1.45. The van der Waals surface area contributed by atoms with E-state index < -0.39 is 0 Å². The number of carbonyl (C=O) groups excluding carboxylic acids is 2. The number of rotatable bonds is 4. The maximum absolute atomic E-state index is 12.5. The predicted molar refractivity (Wildman–Crippen MR) is 110 cm³/mol. The molecule has 1 aliphatic carbocycles. The van der Waals surface area contributed by atoms with Gasteiger partial charge in [-0.1, -0.05) is 13.3 Å². The summed E-state index contributed by atoms with van der Waals surface area (Å²) in [5.74, 6) is 1.00. The monoisotopic (exact) mass is 397 g/mol. The van der Waals surface area contributed by atoms with Crippen LogP contribution in [0.4, 0.5) is 5.69 Å². The number of nitrogens with zero attached hydrogens (tertiary/aromatic N) is 1. The van der Waals surface area contributed by atoms with Gasteiger partial charge in [0, 0.05) is 4.88 Å². The van der Waals surface area contributed by atoms with Gasteiger partial charge in [-0.15, -0.1) is 11.3 Å². The third kappa shape index (κ3) is 3.80. The Morgan fingerprint density at radius 1 is 1.39 bits per heavy atom. The van der Waals surface area contributed by atoms with Gasteiger partial charge in [-0.2, -0.15) is 5.10 Å². The van der Waals surface area contributed by atoms with Gasteiger partial charge in [0.15, 0.2) is 6.61 Å². The van der Waals surface area contributed by atoms with Crippen molar-refractivity contribution >= 4 is 34.6 Å². The van der Waals surface area contributed by atoms with Gasteiger partial charge in [0.1, 0.15) is 5.75 Å². The SMILES string of the molecule is CC[C@@H]1CCc2sc(C(=O)N/N=C(/C)c3ccc4c(c3)NC(=O)CO4)cc2C1. The molecule has 0 bridgehead atoms. The van der Waals surface area contributed by atoms with E-state index in [1.54, 1.807) is 23.5 Å². The molecule has 7 heteroatoms. The minimum atomic E-state index is -0.181. The van der Waals surface area contributed by atoms with Gasteiger partial charge in [0.2, 0.25) is 0 Å². The van der Waals surface area contributed by atoms with E-state index in [1.165, 1.54) is 23.3 Å². The molecule has 0 fully saturated rings. The van der Waals surface area contributed by atoms with Crippen molar-refractivity contribution in [2.75, 3.05) is 11.9 Å². The van der Waals surface area contributed by atoms with Crippen LogP contribution >= 0.6 is 11.3 Å². The molecule has 146 valence electrons. The minimum absolute atomic E-state index is 0.0271. The first-order valence-corrected chi connectivity index (χ1v) is 10.4. The summed E-state index contributed by atoms with van der Waals surface area (Å²) in [6, 6.07) is 7.47. The summed E-state index contributed by atoms with van der Waals surface area (Å²) in [4.78, 5) is 26.1. The van der Waals surface area contributed by atoms with Crippen LogP contribution in [0.25, 0.3) is 0 Å². The molecule has 4 rings (SSSR count). The molecule has 1 aromatic carbocycles. The minimum Gasteiger partial charge on any atom is -0.482 e. The van der Waals surface area contributed by atoms with Crippen LogP contribution in [0.2, 0.25) is 0 Å². The molecule has 0 saturated heterocycles. The van der Waals surface area contributed by atoms with E-state index in [0.717, 1.165) is 24.3 Å². The fourth-order valence-corrected chi connectivity index (χ4v) is 4.72. The molecule has 6 nitrogen and oxygen atoms in total. The first kappa shape index (κ1) is 18.7. The van der Waals surface area contributed by atoms with Gasteiger partial charge >= 0.3 is 0 Å². The summed E-state index contributed by atoms with van der Waals surface area (Å²) in [7, 11) is 0. The van der Waals surface area contributed by atoms with E-state index in [9.17, 15) is 9.59 Å². The van der Waals surface area contributed by atoms with Crippen LogP contribution in [0.15, 0.2) is 29.4 Å². The normalized spacial score (nSPS) is 18.6. The molecule has 2 N–H and O–H groups in total. The number of aryl methyl sites for hydroxylation is 1. The molecule has 2 aromatic rings. The third-order valence-electron chi connectivity index (χ3n) is 5.34. The van der Waals surface area contributed by atoms with Crippen LogP contribution in [-0.2, 0) is 17.6 Å². The number of thiophene rings is 1. The van der Waals surface area contributed by atoms with Crippen LogP contribution in [-0.4, -0.2) is 24.1 Å². The lowest BCUT2D eigenvalue weighted by atomic mass is 9.87. The first-order valence-electron chi connectivity index (χ1n) is 9.56. The summed E-state index contributed by atoms with van der Waals surface area (Å²) >= 11 is 1.58. The number of hydrazone groups is 1. The fourth-order valence-electron chi connectivity index (χ4n) is 3.62. The van der Waals surface area contributed by atoms with Crippen molar-refractivity contribution in [3.63, 3.8) is 0 Å². The second kappa shape index (κ2) is 7.75. The highest BCUT2D eigenvalue weighted by Crippen LogP contribution is 2.33. The molecule has 2 aliphatic rings. The maximum Gasteiger partial charge on any atom is 0.281 e. The van der Waals surface area contributed by atoms with E-state index in [0.29, 0.717) is 22.0 Å². The van der Waals surface area contributed by atoms with Crippen molar-refractivity contribution in [3.05, 3.63) is 45.1 Å². The van der Waals surface area contributed by atoms with Crippen molar-refractivity contribution in [1.29, 1.82) is 0 Å². The van der Waals surface area contributed by atoms with Crippen molar-refractivity contribution in [2.45, 2.75) is 39.5 Å². The van der Waals surface area contributed by atoms with Crippen molar-refractivity contribution in [2.24, 2.45) is 11.0 Å². The van der Waals surface area contributed by atoms with E-state index >= 15 is 0 Å². The van der Waals surface area contributed by atoms with Crippen LogP contribution in [0.3, 0.4) is 0 Å². The largest absolute Gasteiger partial charge is 0.482 e. The summed E-state index contributed by atoms with van der Waals surface area (Å²) in [6.07, 6.45) is 4.53. The molecule has 1 aromatic heterocycles. The summed E-state index contributed by atoms with van der Waals surface area (Å²) < 4.78 is 5.36. The number of hydrogen-bond acceptors (Lipinski definition) is 5. The zero-order valence-corrected chi connectivity index (χ0v) is 16.8. The van der Waals surface area contributed by atoms with E-state index in [1.807, 2.05) is 19.1 Å². The van der Waals surface area contributed by atoms with Gasteiger partial charge in [0.25, 0.3) is 11.8 Å². The van der Waals surface area contributed by atoms with Crippen LogP contribution in [0, 0.1) is 5.92 Å². The van der Waals surface area contributed by atoms with Gasteiger partial charge in [-0.3, -0.25) is 9.59 Å². The Morgan fingerprint density at radius 3 is 3.07 bits per heavy atom. The molecule has 1 atom stereocenters. The van der Waals surface area contributed by atoms with E-state index in [2.05, 4.69) is 22.8 Å². The molecule has 0 spiro atoms. The summed E-state index contributed by atoms with van der Waals surface area (Å²) in [6.45, 7) is 4.07. The molecule has 1 aliphatic heterocycles. The number of ether oxygens (including phenoxy) is 1. The molecule has 28 heavy (non-hydrogen) atoms. The lowest BCUT2D eigenvalue weighted by Crippen LogP contribution is -2.25. The summed E-state index contributed by atoms with van der Waals surface area (Å²) in [5, 5.41) is 7.02. The number of anilines is 1. The zero-order valence-electron chi connectivity index (χ0n) is 16.0. The molecule has 0 saturated carbocycles. The predicted octanol–water partition coefficient (Wildman–Crippen LogP) is 3.75. The molecule has 2 heterocycles. The Morgan fingerprint density at radius 2 is 2.25 bits per heavy atom. The molecule has 2 amide bonds. The Bertz CT molecular complexity index is 964. The van der Waals surface area contributed by atoms with Gasteiger partial charge < -0.3 is 10.1 Å². The smallest absolute Gasteiger partial charge is 0.281 e. The lowest BCUT2D eigenvalue weighted by molar-refractivity contribution is -0.118. The first-order chi connectivity index (χ1) is 13.5. The average molecular weight is 398 g/mol. The number of nitrogens with one attached hydrogen (secondary N) is 2. The van der Waals surface area contributed by atoms with E-state index in [-0.39, 0.29) is 18.4 Å². The maximum atomic E-state index is 12.5. The molecular formula is C21H23N3O3S. The Hall–Kier alpha value is -2.67. The molecular weight excluding hydrogens is 374 g/mol.